The van der Waals surface area contributed by atoms with Crippen LogP contribution in [0.15, 0.2) is 0 Å². The van der Waals surface area contributed by atoms with E-state index in [-0.39, 0.29) is 0 Å². The Labute approximate surface area is 105 Å². The van der Waals surface area contributed by atoms with Gasteiger partial charge in [-0.3, -0.25) is 0 Å². The summed E-state index contributed by atoms with van der Waals surface area (Å²) >= 11 is 0. The van der Waals surface area contributed by atoms with Crippen LogP contribution in [0.4, 0.5) is 0 Å². The van der Waals surface area contributed by atoms with Crippen molar-refractivity contribution in [3.05, 3.63) is 0 Å². The fourth-order valence-electron chi connectivity index (χ4n) is 1.91. The van der Waals surface area contributed by atoms with Crippen LogP contribution in [0.25, 0.3) is 0 Å². The highest BCUT2D eigenvalue weighted by Crippen LogP contribution is 2.12. The van der Waals surface area contributed by atoms with Gasteiger partial charge in [0.05, 0.1) is 0 Å². The van der Waals surface area contributed by atoms with E-state index < -0.39 is 10.2 Å². The van der Waals surface area contributed by atoms with Crippen molar-refractivity contribution in [2.75, 3.05) is 39.8 Å². The number of nitrogens with zero attached hydrogens (tertiary/aromatic N) is 2. The average Bonchev–Trinajstić information content (AvgIpc) is 2.57. The van der Waals surface area contributed by atoms with Crippen LogP contribution >= 0.6 is 0 Å². The molecular weight excluding hydrogens is 238 g/mol. The predicted octanol–water partition coefficient (Wildman–Crippen LogP) is 0.504. The minimum Gasteiger partial charge on any atom is -0.315 e. The second-order valence-electron chi connectivity index (χ2n) is 4.80. The van der Waals surface area contributed by atoms with E-state index in [1.807, 2.05) is 0 Å². The van der Waals surface area contributed by atoms with E-state index in [9.17, 15) is 8.42 Å². The lowest BCUT2D eigenvalue weighted by molar-refractivity contribution is 0.341. The van der Waals surface area contributed by atoms with E-state index in [2.05, 4.69) is 19.2 Å². The number of hydrogen-bond donors (Lipinski definition) is 1. The highest BCUT2D eigenvalue weighted by Gasteiger charge is 2.27. The third-order valence-electron chi connectivity index (χ3n) is 3.28. The Kier molecular flexibility index (Phi) is 5.85. The van der Waals surface area contributed by atoms with Crippen molar-refractivity contribution in [1.82, 2.24) is 13.9 Å². The van der Waals surface area contributed by atoms with Crippen molar-refractivity contribution >= 4 is 10.2 Å². The fourth-order valence-corrected chi connectivity index (χ4v) is 3.43. The summed E-state index contributed by atoms with van der Waals surface area (Å²) in [5, 5.41) is 3.22. The highest BCUT2D eigenvalue weighted by molar-refractivity contribution is 7.86. The lowest BCUT2D eigenvalue weighted by atomic mass is 10.1. The maximum Gasteiger partial charge on any atom is 0.281 e. The molecule has 1 unspecified atom stereocenters. The molecule has 1 rings (SSSR count). The first kappa shape index (κ1) is 14.9. The smallest absolute Gasteiger partial charge is 0.281 e. The zero-order chi connectivity index (χ0) is 12.9. The first-order valence-electron chi connectivity index (χ1n) is 6.40. The van der Waals surface area contributed by atoms with Crippen LogP contribution in [0.1, 0.15) is 26.7 Å². The molecule has 1 atom stereocenters. The summed E-state index contributed by atoms with van der Waals surface area (Å²) in [6.45, 7) is 7.62. The van der Waals surface area contributed by atoms with E-state index in [1.54, 1.807) is 11.4 Å². The van der Waals surface area contributed by atoms with Gasteiger partial charge < -0.3 is 5.32 Å². The number of hydrogen-bond acceptors (Lipinski definition) is 3. The SMILES string of the molecule is CCC(C)CN(C)S(=O)(=O)N1CCCNCC1. The molecule has 0 aliphatic carbocycles. The van der Waals surface area contributed by atoms with Gasteiger partial charge in [-0.15, -0.1) is 0 Å². The van der Waals surface area contributed by atoms with Gasteiger partial charge in [-0.05, 0) is 18.9 Å². The largest absolute Gasteiger partial charge is 0.315 e. The van der Waals surface area contributed by atoms with Crippen molar-refractivity contribution in [3.63, 3.8) is 0 Å². The normalized spacial score (nSPS) is 21.4. The predicted molar refractivity (Wildman–Crippen MR) is 70.1 cm³/mol. The topological polar surface area (TPSA) is 52.7 Å². The Balaban J connectivity index is 2.64. The van der Waals surface area contributed by atoms with E-state index >= 15 is 0 Å². The fraction of sp³-hybridized carbons (Fsp3) is 1.00. The summed E-state index contributed by atoms with van der Waals surface area (Å²) < 4.78 is 27.7. The molecule has 0 aromatic heterocycles. The number of rotatable bonds is 5. The van der Waals surface area contributed by atoms with Gasteiger partial charge in [0.15, 0.2) is 0 Å². The molecule has 0 bridgehead atoms. The average molecular weight is 263 g/mol. The van der Waals surface area contributed by atoms with Gasteiger partial charge >= 0.3 is 0 Å². The standard InChI is InChI=1S/C11H25N3O2S/c1-4-11(2)10-13(3)17(15,16)14-8-5-6-12-7-9-14/h11-12H,4-10H2,1-3H3. The molecule has 0 saturated carbocycles. The molecule has 1 fully saturated rings. The van der Waals surface area contributed by atoms with Crippen LogP contribution in [0.3, 0.4) is 0 Å². The van der Waals surface area contributed by atoms with Gasteiger partial charge in [0.25, 0.3) is 10.2 Å². The molecule has 1 saturated heterocycles. The summed E-state index contributed by atoms with van der Waals surface area (Å²) in [6.07, 6.45) is 1.89. The summed E-state index contributed by atoms with van der Waals surface area (Å²) in [5.74, 6) is 0.403. The first-order valence-corrected chi connectivity index (χ1v) is 7.80. The molecule has 5 nitrogen and oxygen atoms in total. The van der Waals surface area contributed by atoms with Crippen molar-refractivity contribution in [3.8, 4) is 0 Å². The van der Waals surface area contributed by atoms with Crippen LogP contribution in [-0.2, 0) is 10.2 Å². The molecule has 17 heavy (non-hydrogen) atoms. The lowest BCUT2D eigenvalue weighted by Gasteiger charge is -2.27. The molecule has 1 N–H and O–H groups in total. The zero-order valence-corrected chi connectivity index (χ0v) is 12.0. The molecule has 0 aromatic carbocycles. The zero-order valence-electron chi connectivity index (χ0n) is 11.1. The number of nitrogens with one attached hydrogen (secondary N) is 1. The Morgan fingerprint density at radius 1 is 1.35 bits per heavy atom. The third-order valence-corrected chi connectivity index (χ3v) is 5.24. The maximum absolute atomic E-state index is 12.3. The molecule has 102 valence electrons. The molecule has 6 heteroatoms. The van der Waals surface area contributed by atoms with Gasteiger partial charge in [0, 0.05) is 33.2 Å². The van der Waals surface area contributed by atoms with Crippen LogP contribution in [0.2, 0.25) is 0 Å². The summed E-state index contributed by atoms with van der Waals surface area (Å²) in [5.41, 5.74) is 0. The Hall–Kier alpha value is -0.170. The Bertz CT molecular complexity index is 311. The van der Waals surface area contributed by atoms with Crippen LogP contribution in [0, 0.1) is 5.92 Å². The summed E-state index contributed by atoms with van der Waals surface area (Å²) in [7, 11) is -1.58. The molecule has 1 aliphatic rings. The molecule has 0 aromatic rings. The highest BCUT2D eigenvalue weighted by atomic mass is 32.2. The second kappa shape index (κ2) is 6.68. The Morgan fingerprint density at radius 2 is 2.06 bits per heavy atom. The van der Waals surface area contributed by atoms with E-state index in [0.29, 0.717) is 25.6 Å². The lowest BCUT2D eigenvalue weighted by Crippen LogP contribution is -2.44. The van der Waals surface area contributed by atoms with Crippen LogP contribution < -0.4 is 5.32 Å². The van der Waals surface area contributed by atoms with Gasteiger partial charge in [-0.2, -0.15) is 17.0 Å². The van der Waals surface area contributed by atoms with Gasteiger partial charge in [0.1, 0.15) is 0 Å². The van der Waals surface area contributed by atoms with Crippen molar-refractivity contribution < 1.29 is 8.42 Å². The molecule has 1 aliphatic heterocycles. The minimum atomic E-state index is -3.26. The molecule has 0 spiro atoms. The van der Waals surface area contributed by atoms with Gasteiger partial charge in [-0.1, -0.05) is 20.3 Å². The quantitative estimate of drug-likeness (QED) is 0.786. The summed E-state index contributed by atoms with van der Waals surface area (Å²) in [6, 6.07) is 0. The Morgan fingerprint density at radius 3 is 2.71 bits per heavy atom. The monoisotopic (exact) mass is 263 g/mol. The molecule has 0 amide bonds. The molecule has 1 heterocycles. The third kappa shape index (κ3) is 4.21. The summed E-state index contributed by atoms with van der Waals surface area (Å²) in [4.78, 5) is 0. The van der Waals surface area contributed by atoms with Crippen molar-refractivity contribution in [2.24, 2.45) is 5.92 Å². The minimum absolute atomic E-state index is 0.403. The van der Waals surface area contributed by atoms with Gasteiger partial charge in [-0.25, -0.2) is 0 Å². The second-order valence-corrected chi connectivity index (χ2v) is 6.84. The van der Waals surface area contributed by atoms with E-state index in [4.69, 9.17) is 0 Å². The van der Waals surface area contributed by atoms with Crippen LogP contribution in [-0.4, -0.2) is 56.8 Å². The van der Waals surface area contributed by atoms with E-state index in [1.165, 1.54) is 4.31 Å². The van der Waals surface area contributed by atoms with Crippen LogP contribution in [0.5, 0.6) is 0 Å². The molecule has 0 radical (unpaired) electrons. The van der Waals surface area contributed by atoms with Crippen molar-refractivity contribution in [2.45, 2.75) is 26.7 Å². The van der Waals surface area contributed by atoms with E-state index in [0.717, 1.165) is 25.9 Å². The maximum atomic E-state index is 12.3. The van der Waals surface area contributed by atoms with Crippen molar-refractivity contribution in [1.29, 1.82) is 0 Å². The van der Waals surface area contributed by atoms with Gasteiger partial charge in [0.2, 0.25) is 0 Å². The molecular formula is C11H25N3O2S. The first-order chi connectivity index (χ1) is 7.98.